The molecule has 4 heterocycles. The Morgan fingerprint density at radius 2 is 2.17 bits per heavy atom. The van der Waals surface area contributed by atoms with Crippen molar-refractivity contribution in [3.05, 3.63) is 71.2 Å². The Bertz CT molecular complexity index is 1720. The molecule has 0 saturated heterocycles. The van der Waals surface area contributed by atoms with Crippen molar-refractivity contribution in [3.63, 3.8) is 0 Å². The molecule has 1 aliphatic rings. The molecule has 1 N–H and O–H groups in total. The van der Waals surface area contributed by atoms with Crippen LogP contribution in [0, 0.1) is 19.7 Å². The first kappa shape index (κ1) is 15.8. The van der Waals surface area contributed by atoms with Crippen LogP contribution in [0.1, 0.15) is 38.3 Å². The lowest BCUT2D eigenvalue weighted by Gasteiger charge is -2.35. The Hall–Kier alpha value is -4.12. The number of hydrogen-bond donors (Lipinski definition) is 1. The van der Waals surface area contributed by atoms with Crippen LogP contribution in [0.2, 0.25) is 0 Å². The van der Waals surface area contributed by atoms with Crippen molar-refractivity contribution in [3.8, 4) is 11.4 Å². The van der Waals surface area contributed by atoms with Gasteiger partial charge in [-0.05, 0) is 36.6 Å². The topological polar surface area (TPSA) is 103 Å². The smallest absolute Gasteiger partial charge is 0.290 e. The number of ether oxygens (including phenoxy) is 1. The number of nitrogens with one attached hydrogen (secondary N) is 1. The van der Waals surface area contributed by atoms with Crippen molar-refractivity contribution in [2.75, 3.05) is 18.9 Å². The summed E-state index contributed by atoms with van der Waals surface area (Å²) in [6.45, 7) is -2.59. The minimum Gasteiger partial charge on any atom is -0.382 e. The van der Waals surface area contributed by atoms with Gasteiger partial charge in [0.25, 0.3) is 5.91 Å². The van der Waals surface area contributed by atoms with E-state index in [1.165, 1.54) is 41.4 Å². The second-order valence-corrected chi connectivity index (χ2v) is 8.33. The Morgan fingerprint density at radius 3 is 2.97 bits per heavy atom. The van der Waals surface area contributed by atoms with E-state index in [2.05, 4.69) is 25.4 Å². The largest absolute Gasteiger partial charge is 0.382 e. The maximum absolute atomic E-state index is 14.3. The van der Waals surface area contributed by atoms with Gasteiger partial charge in [0.2, 0.25) is 5.95 Å². The molecule has 36 heavy (non-hydrogen) atoms. The van der Waals surface area contributed by atoms with Crippen molar-refractivity contribution >= 4 is 17.7 Å². The van der Waals surface area contributed by atoms with Gasteiger partial charge in [-0.15, -0.1) is 0 Å². The fourth-order valence-corrected chi connectivity index (χ4v) is 3.95. The van der Waals surface area contributed by atoms with Crippen LogP contribution in [0.15, 0.2) is 42.9 Å². The first-order valence-electron chi connectivity index (χ1n) is 14.9. The molecule has 1 amide bonds. The van der Waals surface area contributed by atoms with E-state index in [-0.39, 0.29) is 36.4 Å². The third kappa shape index (κ3) is 4.44. The molecule has 1 atom stereocenters. The highest BCUT2D eigenvalue weighted by molar-refractivity contribution is 5.92. The summed E-state index contributed by atoms with van der Waals surface area (Å²) in [5, 5.41) is 6.63. The number of benzene rings is 1. The lowest BCUT2D eigenvalue weighted by Crippen LogP contribution is -2.49. The Kier molecular flexibility index (Phi) is 4.17. The first-order chi connectivity index (χ1) is 20.4. The van der Waals surface area contributed by atoms with Crippen LogP contribution < -0.4 is 5.32 Å². The zero-order valence-electron chi connectivity index (χ0n) is 27.4. The van der Waals surface area contributed by atoms with Crippen LogP contribution in [0.4, 0.5) is 16.2 Å². The number of halogens is 1. The van der Waals surface area contributed by atoms with Crippen molar-refractivity contribution in [2.45, 2.75) is 33.0 Å². The lowest BCUT2D eigenvalue weighted by molar-refractivity contribution is 0.0380. The molecule has 186 valence electrons. The van der Waals surface area contributed by atoms with Gasteiger partial charge in [-0.1, -0.05) is 12.1 Å². The molecule has 0 aliphatic carbocycles. The van der Waals surface area contributed by atoms with Crippen molar-refractivity contribution < 1.29 is 24.9 Å². The molecule has 0 saturated carbocycles. The quantitative estimate of drug-likeness (QED) is 0.417. The summed E-state index contributed by atoms with van der Waals surface area (Å²) in [4.78, 5) is 28.0. The molecule has 0 fully saturated rings. The number of nitrogens with zero attached hydrogens (tertiary/aromatic N) is 7. The van der Waals surface area contributed by atoms with Crippen LogP contribution in [-0.2, 0) is 24.8 Å². The normalized spacial score (nSPS) is 19.7. The van der Waals surface area contributed by atoms with E-state index in [0.29, 0.717) is 22.4 Å². The monoisotopic (exact) mass is 498 g/mol. The van der Waals surface area contributed by atoms with E-state index >= 15 is 0 Å². The zero-order chi connectivity index (χ0) is 32.2. The number of rotatable bonds is 7. The predicted molar refractivity (Wildman–Crippen MR) is 131 cm³/mol. The Balaban J connectivity index is 1.52. The van der Waals surface area contributed by atoms with E-state index in [0.717, 1.165) is 9.58 Å². The summed E-state index contributed by atoms with van der Waals surface area (Å²) in [7, 11) is -3.11. The van der Waals surface area contributed by atoms with E-state index in [1.54, 1.807) is 19.9 Å². The maximum Gasteiger partial charge on any atom is 0.290 e. The van der Waals surface area contributed by atoms with Crippen LogP contribution in [-0.4, -0.2) is 59.7 Å². The number of methoxy groups -OCH3 is 1. The molecule has 4 aromatic rings. The number of amides is 1. The summed E-state index contributed by atoms with van der Waals surface area (Å²) >= 11 is 0. The molecule has 10 nitrogen and oxygen atoms in total. The minimum absolute atomic E-state index is 0.0252. The second-order valence-electron chi connectivity index (χ2n) is 8.33. The van der Waals surface area contributed by atoms with Crippen LogP contribution >= 0.6 is 0 Å². The number of aryl methyl sites for hydroxylation is 3. The summed E-state index contributed by atoms with van der Waals surface area (Å²) in [5.74, 6) is -1.20. The molecule has 0 spiro atoms. The van der Waals surface area contributed by atoms with Gasteiger partial charge in [0.05, 0.1) is 31.3 Å². The standard InChI is InChI=1S/C25H27FN8O2/c1-15-5-6-17(9-19(15)26)11-34-18(14-36-4)12-33-13-20(29-23(33)24(34)35)22-16(2)10-27-25(31-22)30-21-7-8-28-32(21)3/h5-10,13,18H,11-12,14H2,1-4H3,(H,27,30,31)/t18-/m0/s1/i3D3,4D3,14D2. The molecule has 11 heteroatoms. The highest BCUT2D eigenvalue weighted by Crippen LogP contribution is 2.27. The predicted octanol–water partition coefficient (Wildman–Crippen LogP) is 3.24. The number of carbonyl (C=O) groups is 1. The van der Waals surface area contributed by atoms with Crippen molar-refractivity contribution in [1.82, 2.24) is 34.2 Å². The second kappa shape index (κ2) is 9.50. The van der Waals surface area contributed by atoms with Crippen molar-refractivity contribution in [2.24, 2.45) is 6.98 Å². The molecule has 0 unspecified atom stereocenters. The molecule has 0 bridgehead atoms. The molecule has 1 aliphatic heterocycles. The molecular weight excluding hydrogens is 463 g/mol. The minimum atomic E-state index is -3.11. The van der Waals surface area contributed by atoms with Gasteiger partial charge in [-0.25, -0.2) is 19.3 Å². The highest BCUT2D eigenvalue weighted by Gasteiger charge is 2.35. The molecular formula is C25H27FN8O2. The van der Waals surface area contributed by atoms with Gasteiger partial charge in [-0.3, -0.25) is 9.48 Å². The van der Waals surface area contributed by atoms with Crippen LogP contribution in [0.25, 0.3) is 11.4 Å². The summed E-state index contributed by atoms with van der Waals surface area (Å²) < 4.78 is 83.6. The average Bonchev–Trinajstić information content (AvgIpc) is 3.55. The van der Waals surface area contributed by atoms with E-state index in [4.69, 9.17) is 15.7 Å². The highest BCUT2D eigenvalue weighted by atomic mass is 19.1. The van der Waals surface area contributed by atoms with E-state index < -0.39 is 38.3 Å². The molecule has 5 rings (SSSR count). The number of hydrogen-bond acceptors (Lipinski definition) is 7. The Morgan fingerprint density at radius 1 is 1.28 bits per heavy atom. The SMILES string of the molecule is [2H]C([2H])([2H])OC([2H])([2H])[C@@H]1Cn2cc(-c3nc(Nc4ccnn4C([2H])([2H])[2H])ncc3C)nc2C(=O)N1Cc1ccc(C)c(F)c1. The fourth-order valence-electron chi connectivity index (χ4n) is 3.95. The van der Waals surface area contributed by atoms with Gasteiger partial charge in [0, 0.05) is 49.7 Å². The lowest BCUT2D eigenvalue weighted by atomic mass is 10.1. The number of anilines is 2. The van der Waals surface area contributed by atoms with Crippen molar-refractivity contribution in [1.29, 1.82) is 0 Å². The van der Waals surface area contributed by atoms with E-state index in [9.17, 15) is 9.18 Å². The van der Waals surface area contributed by atoms with E-state index in [1.807, 2.05) is 0 Å². The van der Waals surface area contributed by atoms with Crippen LogP contribution in [0.3, 0.4) is 0 Å². The molecule has 3 aromatic heterocycles. The third-order valence-electron chi connectivity index (χ3n) is 5.86. The first-order valence-corrected chi connectivity index (χ1v) is 10.9. The average molecular weight is 499 g/mol. The van der Waals surface area contributed by atoms with Crippen LogP contribution in [0.5, 0.6) is 0 Å². The Labute approximate surface area is 219 Å². The number of aromatic nitrogens is 6. The fraction of sp³-hybridized carbons (Fsp3) is 0.320. The molecule has 1 aromatic carbocycles. The summed E-state index contributed by atoms with van der Waals surface area (Å²) in [6, 6.07) is 4.34. The summed E-state index contributed by atoms with van der Waals surface area (Å²) in [6.07, 6.45) is 4.26. The zero-order valence-corrected chi connectivity index (χ0v) is 19.4. The number of imidazole rings is 1. The number of fused-ring (bicyclic) bond motifs is 1. The van der Waals surface area contributed by atoms with Gasteiger partial charge in [0.15, 0.2) is 5.82 Å². The molecule has 0 radical (unpaired) electrons. The maximum atomic E-state index is 14.3. The number of carbonyl (C=O) groups excluding carboxylic acids is 1. The summed E-state index contributed by atoms with van der Waals surface area (Å²) in [5.41, 5.74) is 1.82. The van der Waals surface area contributed by atoms with Gasteiger partial charge >= 0.3 is 0 Å². The third-order valence-corrected chi connectivity index (χ3v) is 5.86. The van der Waals surface area contributed by atoms with Gasteiger partial charge < -0.3 is 19.5 Å². The van der Waals surface area contributed by atoms with Gasteiger partial charge in [0.1, 0.15) is 17.3 Å². The van der Waals surface area contributed by atoms with Gasteiger partial charge in [-0.2, -0.15) is 5.10 Å².